The predicted molar refractivity (Wildman–Crippen MR) is 86.1 cm³/mol. The Morgan fingerprint density at radius 1 is 1.21 bits per heavy atom. The van der Waals surface area contributed by atoms with Crippen molar-refractivity contribution in [1.29, 1.82) is 0 Å². The Kier molecular flexibility index (Phi) is 4.18. The molecule has 0 bridgehead atoms. The van der Waals surface area contributed by atoms with Crippen molar-refractivity contribution in [2.45, 2.75) is 37.2 Å². The standard InChI is InChI=1S/C14H19N5O4S/c1-17-9-11(13(20)18(2)14(17)21)24(22,23)15-7-10-8-19-6-4-3-5-12(19)16-10/h8-9,15H,3-7H2,1-2H3. The number of sulfonamides is 1. The third-order valence-corrected chi connectivity index (χ3v) is 5.49. The first-order chi connectivity index (χ1) is 11.3. The minimum Gasteiger partial charge on any atom is -0.335 e. The molecular formula is C14H19N5O4S. The zero-order chi connectivity index (χ0) is 17.5. The van der Waals surface area contributed by atoms with Crippen LogP contribution in [0.25, 0.3) is 0 Å². The molecule has 0 saturated heterocycles. The number of nitrogens with one attached hydrogen (secondary N) is 1. The Morgan fingerprint density at radius 3 is 2.67 bits per heavy atom. The SMILES string of the molecule is Cn1cc(S(=O)(=O)NCc2cn3c(n2)CCCC3)c(=O)n(C)c1=O. The highest BCUT2D eigenvalue weighted by Crippen LogP contribution is 2.14. The molecule has 0 fully saturated rings. The van der Waals surface area contributed by atoms with Crippen LogP contribution in [0.4, 0.5) is 0 Å². The van der Waals surface area contributed by atoms with Crippen LogP contribution in [0.15, 0.2) is 26.9 Å². The van der Waals surface area contributed by atoms with E-state index < -0.39 is 26.2 Å². The Labute approximate surface area is 138 Å². The number of hydrogen-bond donors (Lipinski definition) is 1. The van der Waals surface area contributed by atoms with E-state index in [4.69, 9.17) is 0 Å². The smallest absolute Gasteiger partial charge is 0.330 e. The van der Waals surface area contributed by atoms with Gasteiger partial charge in [-0.05, 0) is 12.8 Å². The average Bonchev–Trinajstić information content (AvgIpc) is 2.97. The van der Waals surface area contributed by atoms with E-state index in [1.165, 1.54) is 14.1 Å². The molecule has 3 heterocycles. The van der Waals surface area contributed by atoms with Gasteiger partial charge >= 0.3 is 5.69 Å². The van der Waals surface area contributed by atoms with Gasteiger partial charge in [-0.25, -0.2) is 22.9 Å². The minimum atomic E-state index is -4.04. The molecule has 0 saturated carbocycles. The summed E-state index contributed by atoms with van der Waals surface area (Å²) in [5.41, 5.74) is -0.826. The first kappa shape index (κ1) is 16.7. The van der Waals surface area contributed by atoms with Gasteiger partial charge in [-0.1, -0.05) is 0 Å². The van der Waals surface area contributed by atoms with Crippen molar-refractivity contribution in [2.75, 3.05) is 0 Å². The van der Waals surface area contributed by atoms with Crippen LogP contribution < -0.4 is 16.0 Å². The molecule has 2 aromatic heterocycles. The van der Waals surface area contributed by atoms with Gasteiger partial charge in [-0.2, -0.15) is 0 Å². The molecule has 1 aliphatic heterocycles. The van der Waals surface area contributed by atoms with Gasteiger partial charge in [0.05, 0.1) is 12.2 Å². The highest BCUT2D eigenvalue weighted by Gasteiger charge is 2.22. The lowest BCUT2D eigenvalue weighted by Gasteiger charge is -2.11. The van der Waals surface area contributed by atoms with E-state index in [1.807, 2.05) is 10.8 Å². The van der Waals surface area contributed by atoms with E-state index in [-0.39, 0.29) is 6.54 Å². The van der Waals surface area contributed by atoms with Gasteiger partial charge in [0.2, 0.25) is 10.0 Å². The van der Waals surface area contributed by atoms with E-state index in [2.05, 4.69) is 9.71 Å². The summed E-state index contributed by atoms with van der Waals surface area (Å²) in [6.07, 6.45) is 5.91. The van der Waals surface area contributed by atoms with Crippen LogP contribution in [0.2, 0.25) is 0 Å². The van der Waals surface area contributed by atoms with Crippen LogP contribution in [-0.2, 0) is 43.6 Å². The Hall–Kier alpha value is -2.20. The number of aromatic nitrogens is 4. The largest absolute Gasteiger partial charge is 0.335 e. The molecule has 1 N–H and O–H groups in total. The van der Waals surface area contributed by atoms with Gasteiger partial charge in [0.25, 0.3) is 5.56 Å². The fourth-order valence-electron chi connectivity index (χ4n) is 2.76. The quantitative estimate of drug-likeness (QED) is 0.766. The van der Waals surface area contributed by atoms with Crippen molar-refractivity contribution in [3.63, 3.8) is 0 Å². The fraction of sp³-hybridized carbons (Fsp3) is 0.500. The maximum atomic E-state index is 12.4. The second kappa shape index (κ2) is 6.02. The monoisotopic (exact) mass is 353 g/mol. The summed E-state index contributed by atoms with van der Waals surface area (Å²) in [6, 6.07) is 0. The van der Waals surface area contributed by atoms with Crippen LogP contribution >= 0.6 is 0 Å². The zero-order valence-corrected chi connectivity index (χ0v) is 14.3. The molecule has 0 amide bonds. The first-order valence-electron chi connectivity index (χ1n) is 7.61. The summed E-state index contributed by atoms with van der Waals surface area (Å²) in [5, 5.41) is 0. The van der Waals surface area contributed by atoms with Gasteiger partial charge in [-0.3, -0.25) is 9.36 Å². The molecule has 0 radical (unpaired) electrons. The van der Waals surface area contributed by atoms with Crippen LogP contribution in [0.5, 0.6) is 0 Å². The number of imidazole rings is 1. The van der Waals surface area contributed by atoms with Crippen molar-refractivity contribution in [2.24, 2.45) is 14.1 Å². The molecule has 0 aromatic carbocycles. The minimum absolute atomic E-state index is 0.00563. The van der Waals surface area contributed by atoms with Crippen molar-refractivity contribution in [3.05, 3.63) is 44.8 Å². The Balaban J connectivity index is 1.86. The topological polar surface area (TPSA) is 108 Å². The predicted octanol–water partition coefficient (Wildman–Crippen LogP) is -0.905. The second-order valence-corrected chi connectivity index (χ2v) is 7.61. The van der Waals surface area contributed by atoms with E-state index >= 15 is 0 Å². The zero-order valence-electron chi connectivity index (χ0n) is 13.5. The third-order valence-electron chi connectivity index (χ3n) is 4.11. The summed E-state index contributed by atoms with van der Waals surface area (Å²) < 4.78 is 31.1. The van der Waals surface area contributed by atoms with Crippen molar-refractivity contribution < 1.29 is 8.42 Å². The molecule has 3 rings (SSSR count). The van der Waals surface area contributed by atoms with Gasteiger partial charge in [-0.15, -0.1) is 0 Å². The van der Waals surface area contributed by atoms with Crippen molar-refractivity contribution in [1.82, 2.24) is 23.4 Å². The molecule has 0 unspecified atom stereocenters. The molecule has 0 atom stereocenters. The van der Waals surface area contributed by atoms with E-state index in [0.717, 1.165) is 47.0 Å². The number of rotatable bonds is 4. The third kappa shape index (κ3) is 2.94. The van der Waals surface area contributed by atoms with Crippen molar-refractivity contribution >= 4 is 10.0 Å². The second-order valence-electron chi connectivity index (χ2n) is 5.87. The molecule has 2 aromatic rings. The van der Waals surface area contributed by atoms with E-state index in [9.17, 15) is 18.0 Å². The van der Waals surface area contributed by atoms with Gasteiger partial charge in [0.15, 0.2) is 4.90 Å². The lowest BCUT2D eigenvalue weighted by atomic mass is 10.2. The molecule has 10 heteroatoms. The molecule has 130 valence electrons. The summed E-state index contributed by atoms with van der Waals surface area (Å²) in [6.45, 7) is 0.880. The first-order valence-corrected chi connectivity index (χ1v) is 9.09. The maximum absolute atomic E-state index is 12.4. The molecule has 0 spiro atoms. The molecule has 1 aliphatic rings. The number of nitrogens with zero attached hydrogens (tertiary/aromatic N) is 4. The summed E-state index contributed by atoms with van der Waals surface area (Å²) in [5.74, 6) is 0.952. The van der Waals surface area contributed by atoms with E-state index in [0.29, 0.717) is 5.69 Å². The average molecular weight is 353 g/mol. The van der Waals surface area contributed by atoms with Crippen LogP contribution in [0.1, 0.15) is 24.4 Å². The Bertz CT molecular complexity index is 976. The normalized spacial score (nSPS) is 14.6. The van der Waals surface area contributed by atoms with Gasteiger partial charge < -0.3 is 9.13 Å². The van der Waals surface area contributed by atoms with Crippen LogP contribution in [-0.4, -0.2) is 27.1 Å². The van der Waals surface area contributed by atoms with Gasteiger partial charge in [0.1, 0.15) is 5.82 Å². The van der Waals surface area contributed by atoms with Crippen LogP contribution in [0, 0.1) is 0 Å². The highest BCUT2D eigenvalue weighted by atomic mass is 32.2. The number of fused-ring (bicyclic) bond motifs is 1. The van der Waals surface area contributed by atoms with Crippen LogP contribution in [0.3, 0.4) is 0 Å². The maximum Gasteiger partial charge on any atom is 0.330 e. The van der Waals surface area contributed by atoms with Crippen molar-refractivity contribution in [3.8, 4) is 0 Å². The summed E-state index contributed by atoms with van der Waals surface area (Å²) in [4.78, 5) is 27.7. The highest BCUT2D eigenvalue weighted by molar-refractivity contribution is 7.89. The molecule has 0 aliphatic carbocycles. The summed E-state index contributed by atoms with van der Waals surface area (Å²) >= 11 is 0. The number of hydrogen-bond acceptors (Lipinski definition) is 5. The summed E-state index contributed by atoms with van der Waals surface area (Å²) in [7, 11) is -1.41. The lowest BCUT2D eigenvalue weighted by Crippen LogP contribution is -2.41. The fourth-order valence-corrected chi connectivity index (χ4v) is 3.92. The molecule has 24 heavy (non-hydrogen) atoms. The number of aryl methyl sites for hydroxylation is 3. The molecular weight excluding hydrogens is 334 g/mol. The lowest BCUT2D eigenvalue weighted by molar-refractivity contribution is 0.522. The van der Waals surface area contributed by atoms with E-state index in [1.54, 1.807) is 0 Å². The van der Waals surface area contributed by atoms with Gasteiger partial charge in [0, 0.05) is 39.5 Å². The molecule has 9 nitrogen and oxygen atoms in total. The Morgan fingerprint density at radius 2 is 1.96 bits per heavy atom.